The molecule has 1 unspecified atom stereocenters. The van der Waals surface area contributed by atoms with Gasteiger partial charge in [-0.05, 0) is 56.5 Å². The van der Waals surface area contributed by atoms with Crippen LogP contribution in [0.2, 0.25) is 0 Å². The molecule has 0 spiro atoms. The zero-order valence-corrected chi connectivity index (χ0v) is 18.7. The number of nitrogens with one attached hydrogen (secondary N) is 5. The number of carbonyl (C=O) groups is 1. The molecule has 9 nitrogen and oxygen atoms in total. The number of nitrogens with zero attached hydrogens (tertiary/aromatic N) is 3. The zero-order chi connectivity index (χ0) is 22.2. The highest BCUT2D eigenvalue weighted by Gasteiger charge is 2.32. The van der Waals surface area contributed by atoms with E-state index in [4.69, 9.17) is 0 Å². The molecule has 0 saturated carbocycles. The van der Waals surface area contributed by atoms with Gasteiger partial charge in [-0.25, -0.2) is 19.7 Å². The monoisotopic (exact) mass is 447 g/mol. The van der Waals surface area contributed by atoms with Crippen LogP contribution >= 0.6 is 0 Å². The molecule has 9 heteroatoms. The summed E-state index contributed by atoms with van der Waals surface area (Å²) >= 11 is 0. The predicted octanol–water partition coefficient (Wildman–Crippen LogP) is 1.21. The number of rotatable bonds is 5. The van der Waals surface area contributed by atoms with Gasteiger partial charge >= 0.3 is 5.91 Å². The summed E-state index contributed by atoms with van der Waals surface area (Å²) in [4.78, 5) is 31.9. The quantitative estimate of drug-likeness (QED) is 0.403. The van der Waals surface area contributed by atoms with Crippen LogP contribution in [0.25, 0.3) is 11.3 Å². The maximum atomic E-state index is 13.0. The van der Waals surface area contributed by atoms with E-state index in [9.17, 15) is 4.79 Å². The van der Waals surface area contributed by atoms with Crippen molar-refractivity contribution < 1.29 is 9.69 Å². The molecule has 3 atom stereocenters. The maximum absolute atomic E-state index is 13.0. The van der Waals surface area contributed by atoms with Crippen molar-refractivity contribution >= 4 is 17.5 Å². The first kappa shape index (κ1) is 20.6. The van der Waals surface area contributed by atoms with Gasteiger partial charge in [0.1, 0.15) is 24.6 Å². The molecule has 3 fully saturated rings. The van der Waals surface area contributed by atoms with Crippen molar-refractivity contribution in [2.24, 2.45) is 0 Å². The van der Waals surface area contributed by atoms with Crippen LogP contribution in [0.5, 0.6) is 0 Å². The Morgan fingerprint density at radius 1 is 0.939 bits per heavy atom. The van der Waals surface area contributed by atoms with E-state index in [1.807, 2.05) is 12.4 Å². The predicted molar refractivity (Wildman–Crippen MR) is 125 cm³/mol. The lowest BCUT2D eigenvalue weighted by Gasteiger charge is -2.29. The molecule has 33 heavy (non-hydrogen) atoms. The highest BCUT2D eigenvalue weighted by atomic mass is 16.2. The van der Waals surface area contributed by atoms with E-state index in [1.165, 1.54) is 12.8 Å². The summed E-state index contributed by atoms with van der Waals surface area (Å²) in [6, 6.07) is 8.96. The zero-order valence-electron chi connectivity index (χ0n) is 18.7. The molecule has 3 saturated heterocycles. The maximum Gasteiger partial charge on any atom is 0.336 e. The fourth-order valence-corrected chi connectivity index (χ4v) is 5.26. The minimum Gasteiger partial charge on any atom is -0.341 e. The number of hydrogen-bond acceptors (Lipinski definition) is 6. The van der Waals surface area contributed by atoms with Gasteiger partial charge in [0, 0.05) is 18.2 Å². The Hall–Kier alpha value is -3.01. The number of H-pyrrole nitrogens is 2. The van der Waals surface area contributed by atoms with Crippen molar-refractivity contribution in [1.82, 2.24) is 30.6 Å². The Kier molecular flexibility index (Phi) is 5.45. The van der Waals surface area contributed by atoms with Crippen LogP contribution in [0.1, 0.15) is 49.3 Å². The number of imidazole rings is 2. The molecule has 0 radical (unpaired) electrons. The van der Waals surface area contributed by atoms with E-state index in [0.717, 1.165) is 78.3 Å². The van der Waals surface area contributed by atoms with Crippen LogP contribution in [0.15, 0.2) is 36.7 Å². The number of benzene rings is 1. The van der Waals surface area contributed by atoms with E-state index < -0.39 is 0 Å². The minimum atomic E-state index is 0.169. The van der Waals surface area contributed by atoms with Crippen molar-refractivity contribution in [1.29, 1.82) is 0 Å². The van der Waals surface area contributed by atoms with Gasteiger partial charge in [0.2, 0.25) is 5.95 Å². The van der Waals surface area contributed by atoms with Crippen molar-refractivity contribution in [3.8, 4) is 11.3 Å². The summed E-state index contributed by atoms with van der Waals surface area (Å²) in [7, 11) is 0. The van der Waals surface area contributed by atoms with E-state index >= 15 is 0 Å². The second-order valence-corrected chi connectivity index (χ2v) is 9.29. The van der Waals surface area contributed by atoms with E-state index in [-0.39, 0.29) is 5.91 Å². The molecule has 2 aromatic heterocycles. The summed E-state index contributed by atoms with van der Waals surface area (Å²) in [5.74, 6) is 1.98. The van der Waals surface area contributed by atoms with Crippen molar-refractivity contribution in [3.63, 3.8) is 0 Å². The Morgan fingerprint density at radius 2 is 1.73 bits per heavy atom. The van der Waals surface area contributed by atoms with Crippen LogP contribution in [0.3, 0.4) is 0 Å². The Balaban J connectivity index is 1.11. The number of piperazine rings is 1. The first-order valence-electron chi connectivity index (χ1n) is 12.1. The van der Waals surface area contributed by atoms with Gasteiger partial charge in [0.25, 0.3) is 0 Å². The third-order valence-corrected chi connectivity index (χ3v) is 7.15. The smallest absolute Gasteiger partial charge is 0.336 e. The van der Waals surface area contributed by atoms with Crippen LogP contribution in [-0.4, -0.2) is 58.6 Å². The average Bonchev–Trinajstić information content (AvgIpc) is 3.65. The van der Waals surface area contributed by atoms with Gasteiger partial charge < -0.3 is 25.5 Å². The molecule has 5 N–H and O–H groups in total. The number of aromatic nitrogens is 4. The number of amides is 1. The standard InChI is InChI=1S/C24H30N8O/c33-22-15-31(24-28-14-21(30-24)18-3-1-9-25-18)11-12-32(22)17-7-5-16(6-8-17)20-13-27-23(29-20)19-4-2-10-26-19/h5-8,13-14,18-19,25-26H,1-4,9-12,15H2,(H,27,29)(H,28,30)/p+1/t18-,19-/m0/s1. The lowest BCUT2D eigenvalue weighted by Crippen LogP contribution is -3.13. The molecule has 3 aromatic rings. The third kappa shape index (κ3) is 4.07. The Labute approximate surface area is 193 Å². The number of carbonyl (C=O) groups excluding carboxylic acids is 1. The first-order chi connectivity index (χ1) is 16.2. The number of hydrogen-bond donors (Lipinski definition) is 5. The SMILES string of the molecule is O=C1CN(c2ncc([C@@H]3CCCN3)[nH]2)CC[NH+]1c1ccc(-c2cnc([C@@H]3CCCN3)[nH]2)cc1. The molecule has 0 bridgehead atoms. The van der Waals surface area contributed by atoms with Gasteiger partial charge in [-0.3, -0.25) is 0 Å². The molecule has 6 rings (SSSR count). The summed E-state index contributed by atoms with van der Waals surface area (Å²) in [5.41, 5.74) is 4.23. The van der Waals surface area contributed by atoms with Gasteiger partial charge in [-0.1, -0.05) is 0 Å². The van der Waals surface area contributed by atoms with Crippen LogP contribution < -0.4 is 20.4 Å². The normalized spacial score (nSPS) is 25.8. The second-order valence-electron chi connectivity index (χ2n) is 9.29. The molecule has 1 aromatic carbocycles. The summed E-state index contributed by atoms with van der Waals surface area (Å²) in [6.45, 7) is 3.97. The lowest BCUT2D eigenvalue weighted by atomic mass is 10.1. The van der Waals surface area contributed by atoms with Crippen molar-refractivity contribution in [3.05, 3.63) is 48.2 Å². The molecule has 3 aliphatic heterocycles. The van der Waals surface area contributed by atoms with Gasteiger partial charge in [0.15, 0.2) is 0 Å². The topological polar surface area (TPSA) is 106 Å². The van der Waals surface area contributed by atoms with Crippen molar-refractivity contribution in [2.45, 2.75) is 37.8 Å². The molecule has 172 valence electrons. The average molecular weight is 448 g/mol. The lowest BCUT2D eigenvalue weighted by molar-refractivity contribution is -0.750. The molecule has 3 aliphatic rings. The Bertz CT molecular complexity index is 1110. The Morgan fingerprint density at radius 3 is 2.45 bits per heavy atom. The minimum absolute atomic E-state index is 0.169. The van der Waals surface area contributed by atoms with E-state index in [2.05, 4.69) is 59.7 Å². The number of anilines is 1. The number of quaternary nitrogens is 1. The summed E-state index contributed by atoms with van der Waals surface area (Å²) < 4.78 is 0. The fraction of sp³-hybridized carbons (Fsp3) is 0.458. The van der Waals surface area contributed by atoms with E-state index in [1.54, 1.807) is 0 Å². The van der Waals surface area contributed by atoms with Gasteiger partial charge in [-0.2, -0.15) is 0 Å². The van der Waals surface area contributed by atoms with Crippen LogP contribution in [0.4, 0.5) is 11.6 Å². The molecular formula is C24H31N8O+. The molecule has 5 heterocycles. The first-order valence-corrected chi connectivity index (χ1v) is 12.1. The fourth-order valence-electron chi connectivity index (χ4n) is 5.26. The highest BCUT2D eigenvalue weighted by molar-refractivity contribution is 5.76. The third-order valence-electron chi connectivity index (χ3n) is 7.15. The van der Waals surface area contributed by atoms with Crippen LogP contribution in [-0.2, 0) is 4.79 Å². The largest absolute Gasteiger partial charge is 0.341 e. The molecule has 0 aliphatic carbocycles. The number of aromatic amines is 2. The van der Waals surface area contributed by atoms with Crippen molar-refractivity contribution in [2.75, 3.05) is 37.6 Å². The second kappa shape index (κ2) is 8.74. The van der Waals surface area contributed by atoms with Crippen LogP contribution in [0, 0.1) is 0 Å². The molecular weight excluding hydrogens is 416 g/mol. The van der Waals surface area contributed by atoms with Gasteiger partial charge in [-0.15, -0.1) is 0 Å². The molecule has 1 amide bonds. The van der Waals surface area contributed by atoms with Gasteiger partial charge in [0.05, 0.1) is 36.4 Å². The van der Waals surface area contributed by atoms with E-state index in [0.29, 0.717) is 18.6 Å². The summed E-state index contributed by atoms with van der Waals surface area (Å²) in [6.07, 6.45) is 8.45. The summed E-state index contributed by atoms with van der Waals surface area (Å²) in [5, 5.41) is 6.97. The highest BCUT2D eigenvalue weighted by Crippen LogP contribution is 2.25.